The van der Waals surface area contributed by atoms with E-state index < -0.39 is 10.0 Å². The van der Waals surface area contributed by atoms with Gasteiger partial charge in [0, 0.05) is 6.04 Å². The third-order valence-corrected chi connectivity index (χ3v) is 3.89. The van der Waals surface area contributed by atoms with Gasteiger partial charge in [-0.3, -0.25) is 0 Å². The zero-order chi connectivity index (χ0) is 10.3. The molecule has 4 heteroatoms. The summed E-state index contributed by atoms with van der Waals surface area (Å²) in [5.74, 6) is 0. The summed E-state index contributed by atoms with van der Waals surface area (Å²) in [4.78, 5) is 0. The summed E-state index contributed by atoms with van der Waals surface area (Å²) < 4.78 is 24.2. The second-order valence-electron chi connectivity index (χ2n) is 3.69. The SMILES string of the molecule is C[C@H]1[C@@H](c2ccccc2)N1S(C)(=O)=O. The van der Waals surface area contributed by atoms with E-state index in [-0.39, 0.29) is 12.1 Å². The number of hydrogen-bond acceptors (Lipinski definition) is 2. The van der Waals surface area contributed by atoms with Gasteiger partial charge in [-0.15, -0.1) is 0 Å². The average molecular weight is 211 g/mol. The lowest BCUT2D eigenvalue weighted by atomic mass is 10.1. The van der Waals surface area contributed by atoms with Crippen LogP contribution >= 0.6 is 0 Å². The van der Waals surface area contributed by atoms with Gasteiger partial charge in [0.2, 0.25) is 10.0 Å². The molecule has 1 saturated heterocycles. The Labute approximate surface area is 84.4 Å². The third kappa shape index (κ3) is 1.55. The molecule has 0 aliphatic carbocycles. The number of nitrogens with zero attached hydrogens (tertiary/aromatic N) is 1. The Morgan fingerprint density at radius 2 is 1.79 bits per heavy atom. The number of sulfonamides is 1. The maximum atomic E-state index is 11.3. The normalized spacial score (nSPS) is 31.4. The Morgan fingerprint density at radius 1 is 1.21 bits per heavy atom. The quantitative estimate of drug-likeness (QED) is 0.693. The Hall–Kier alpha value is -0.870. The van der Waals surface area contributed by atoms with Crippen LogP contribution in [0.5, 0.6) is 0 Å². The highest BCUT2D eigenvalue weighted by Gasteiger charge is 2.50. The van der Waals surface area contributed by atoms with Crippen molar-refractivity contribution in [1.29, 1.82) is 0 Å². The van der Waals surface area contributed by atoms with Crippen molar-refractivity contribution in [2.45, 2.75) is 19.0 Å². The molecule has 14 heavy (non-hydrogen) atoms. The van der Waals surface area contributed by atoms with E-state index >= 15 is 0 Å². The Bertz CT molecular complexity index is 427. The molecule has 0 amide bonds. The molecule has 3 atom stereocenters. The van der Waals surface area contributed by atoms with Crippen LogP contribution in [0.2, 0.25) is 0 Å². The van der Waals surface area contributed by atoms with Gasteiger partial charge in [-0.2, -0.15) is 4.31 Å². The van der Waals surface area contributed by atoms with Crippen LogP contribution in [0.15, 0.2) is 30.3 Å². The van der Waals surface area contributed by atoms with E-state index in [1.165, 1.54) is 10.6 Å². The Kier molecular flexibility index (Phi) is 2.12. The van der Waals surface area contributed by atoms with Gasteiger partial charge in [-0.1, -0.05) is 30.3 Å². The molecule has 1 unspecified atom stereocenters. The molecule has 1 aromatic carbocycles. The first-order valence-corrected chi connectivity index (χ1v) is 6.40. The van der Waals surface area contributed by atoms with Crippen LogP contribution in [0.3, 0.4) is 0 Å². The van der Waals surface area contributed by atoms with Crippen LogP contribution in [-0.2, 0) is 10.0 Å². The van der Waals surface area contributed by atoms with Crippen LogP contribution in [-0.4, -0.2) is 25.0 Å². The maximum Gasteiger partial charge on any atom is 0.212 e. The van der Waals surface area contributed by atoms with Crippen LogP contribution in [0.1, 0.15) is 18.5 Å². The molecule has 1 aliphatic rings. The minimum absolute atomic E-state index is 0.0474. The fourth-order valence-corrected chi connectivity index (χ4v) is 3.28. The monoisotopic (exact) mass is 211 g/mol. The molecule has 0 radical (unpaired) electrons. The minimum Gasteiger partial charge on any atom is -0.212 e. The molecule has 2 rings (SSSR count). The predicted octanol–water partition coefficient (Wildman–Crippen LogP) is 1.39. The van der Waals surface area contributed by atoms with Crippen LogP contribution in [0.4, 0.5) is 0 Å². The van der Waals surface area contributed by atoms with Gasteiger partial charge in [-0.25, -0.2) is 8.42 Å². The smallest absolute Gasteiger partial charge is 0.212 e. The Balaban J connectivity index is 2.26. The van der Waals surface area contributed by atoms with Gasteiger partial charge < -0.3 is 0 Å². The van der Waals surface area contributed by atoms with Crippen molar-refractivity contribution in [3.8, 4) is 0 Å². The van der Waals surface area contributed by atoms with Crippen molar-refractivity contribution < 1.29 is 8.42 Å². The fourth-order valence-electron chi connectivity index (χ4n) is 1.91. The lowest BCUT2D eigenvalue weighted by Crippen LogP contribution is -2.10. The van der Waals surface area contributed by atoms with Crippen molar-refractivity contribution in [2.75, 3.05) is 6.26 Å². The summed E-state index contributed by atoms with van der Waals surface area (Å²) in [6.07, 6.45) is 1.26. The molecule has 0 saturated carbocycles. The Morgan fingerprint density at radius 3 is 2.21 bits per heavy atom. The van der Waals surface area contributed by atoms with Gasteiger partial charge in [-0.05, 0) is 12.5 Å². The number of benzene rings is 1. The highest BCUT2D eigenvalue weighted by Crippen LogP contribution is 2.44. The summed E-state index contributed by atoms with van der Waals surface area (Å²) in [5, 5.41) is 0. The van der Waals surface area contributed by atoms with E-state index in [4.69, 9.17) is 0 Å². The van der Waals surface area contributed by atoms with Gasteiger partial charge in [0.25, 0.3) is 0 Å². The third-order valence-electron chi connectivity index (χ3n) is 2.57. The van der Waals surface area contributed by atoms with E-state index in [1.54, 1.807) is 0 Å². The van der Waals surface area contributed by atoms with Crippen molar-refractivity contribution in [1.82, 2.24) is 4.31 Å². The number of rotatable bonds is 2. The summed E-state index contributed by atoms with van der Waals surface area (Å²) in [6, 6.07) is 9.88. The first-order chi connectivity index (χ1) is 6.52. The van der Waals surface area contributed by atoms with Crippen molar-refractivity contribution >= 4 is 10.0 Å². The van der Waals surface area contributed by atoms with Crippen molar-refractivity contribution in [3.63, 3.8) is 0 Å². The molecule has 1 fully saturated rings. The molecule has 1 heterocycles. The highest BCUT2D eigenvalue weighted by atomic mass is 32.2. The van der Waals surface area contributed by atoms with E-state index in [1.807, 2.05) is 37.3 Å². The first kappa shape index (κ1) is 9.68. The molecule has 0 N–H and O–H groups in total. The summed E-state index contributed by atoms with van der Waals surface area (Å²) in [6.45, 7) is 1.93. The minimum atomic E-state index is -3.04. The fraction of sp³-hybridized carbons (Fsp3) is 0.400. The molecular weight excluding hydrogens is 198 g/mol. The molecule has 0 bridgehead atoms. The van der Waals surface area contributed by atoms with Gasteiger partial charge >= 0.3 is 0 Å². The van der Waals surface area contributed by atoms with Crippen molar-refractivity contribution in [3.05, 3.63) is 35.9 Å². The molecule has 3 nitrogen and oxygen atoms in total. The second-order valence-corrected chi connectivity index (χ2v) is 5.58. The first-order valence-electron chi connectivity index (χ1n) is 4.55. The zero-order valence-corrected chi connectivity index (χ0v) is 9.03. The molecule has 76 valence electrons. The highest BCUT2D eigenvalue weighted by molar-refractivity contribution is 7.88. The van der Waals surface area contributed by atoms with E-state index in [0.717, 1.165) is 5.56 Å². The molecule has 0 spiro atoms. The number of hydrogen-bond donors (Lipinski definition) is 0. The molecular formula is C10H13NO2S. The molecule has 1 aromatic rings. The summed E-state index contributed by atoms with van der Waals surface area (Å²) >= 11 is 0. The van der Waals surface area contributed by atoms with E-state index in [2.05, 4.69) is 0 Å². The van der Waals surface area contributed by atoms with Crippen LogP contribution in [0.25, 0.3) is 0 Å². The second kappa shape index (κ2) is 3.07. The predicted molar refractivity (Wildman–Crippen MR) is 55.3 cm³/mol. The lowest BCUT2D eigenvalue weighted by molar-refractivity contribution is 0.555. The summed E-state index contributed by atoms with van der Waals surface area (Å²) in [5.41, 5.74) is 1.07. The van der Waals surface area contributed by atoms with E-state index in [9.17, 15) is 8.42 Å². The van der Waals surface area contributed by atoms with Gasteiger partial charge in [0.1, 0.15) is 0 Å². The van der Waals surface area contributed by atoms with Gasteiger partial charge in [0.05, 0.1) is 12.3 Å². The standard InChI is InChI=1S/C10H13NO2S/c1-8-10(11(8)14(2,12)13)9-6-4-3-5-7-9/h3-8,10H,1-2H3/t8-,10-,11?/m0/s1. The zero-order valence-electron chi connectivity index (χ0n) is 8.21. The maximum absolute atomic E-state index is 11.3. The molecule has 1 aliphatic heterocycles. The molecule has 0 aromatic heterocycles. The topological polar surface area (TPSA) is 37.1 Å². The van der Waals surface area contributed by atoms with Crippen molar-refractivity contribution in [2.24, 2.45) is 0 Å². The average Bonchev–Trinajstić information content (AvgIpc) is 2.78. The summed E-state index contributed by atoms with van der Waals surface area (Å²) in [7, 11) is -3.04. The van der Waals surface area contributed by atoms with E-state index in [0.29, 0.717) is 0 Å². The van der Waals surface area contributed by atoms with Gasteiger partial charge in [0.15, 0.2) is 0 Å². The van der Waals surface area contributed by atoms with Crippen LogP contribution < -0.4 is 0 Å². The lowest BCUT2D eigenvalue weighted by Gasteiger charge is -1.99. The largest absolute Gasteiger partial charge is 0.212 e. The van der Waals surface area contributed by atoms with Crippen LogP contribution in [0, 0.1) is 0 Å².